The molecule has 0 amide bonds. The van der Waals surface area contributed by atoms with Gasteiger partial charge in [-0.2, -0.15) is 0 Å². The zero-order chi connectivity index (χ0) is 16.4. The third-order valence-electron chi connectivity index (χ3n) is 4.42. The van der Waals surface area contributed by atoms with E-state index >= 15 is 0 Å². The molecule has 1 saturated heterocycles. The first-order chi connectivity index (χ1) is 11.8. The van der Waals surface area contributed by atoms with Gasteiger partial charge in [0.25, 0.3) is 0 Å². The molecule has 3 heterocycles. The van der Waals surface area contributed by atoms with Gasteiger partial charge in [0.1, 0.15) is 16.9 Å². The van der Waals surface area contributed by atoms with Crippen LogP contribution in [0.4, 0.5) is 0 Å². The number of morpholine rings is 1. The van der Waals surface area contributed by atoms with E-state index in [0.717, 1.165) is 55.6 Å². The van der Waals surface area contributed by atoms with E-state index in [2.05, 4.69) is 45.6 Å². The number of fused-ring (bicyclic) bond motifs is 1. The molecule has 0 N–H and O–H groups in total. The molecule has 3 aromatic rings. The van der Waals surface area contributed by atoms with Crippen molar-refractivity contribution in [1.29, 1.82) is 0 Å². The van der Waals surface area contributed by atoms with Gasteiger partial charge in [0.2, 0.25) is 0 Å². The monoisotopic (exact) mass is 342 g/mol. The predicted octanol–water partition coefficient (Wildman–Crippen LogP) is 3.48. The maximum Gasteiger partial charge on any atom is 0.124 e. The van der Waals surface area contributed by atoms with E-state index in [0.29, 0.717) is 0 Å². The van der Waals surface area contributed by atoms with Crippen molar-refractivity contribution in [1.82, 2.24) is 19.4 Å². The van der Waals surface area contributed by atoms with Crippen LogP contribution in [-0.4, -0.2) is 39.1 Å². The van der Waals surface area contributed by atoms with Crippen LogP contribution < -0.4 is 0 Å². The second-order valence-corrected chi connectivity index (χ2v) is 7.06. The summed E-state index contributed by atoms with van der Waals surface area (Å²) in [5.74, 6) is 1.15. The molecule has 0 spiro atoms. The molecule has 1 fully saturated rings. The Morgan fingerprint density at radius 1 is 1.33 bits per heavy atom. The van der Waals surface area contributed by atoms with Crippen LogP contribution in [0.1, 0.15) is 30.3 Å². The van der Waals surface area contributed by atoms with E-state index in [9.17, 15) is 0 Å². The third-order valence-corrected chi connectivity index (χ3v) is 5.29. The van der Waals surface area contributed by atoms with Gasteiger partial charge in [0, 0.05) is 31.2 Å². The van der Waals surface area contributed by atoms with Crippen molar-refractivity contribution in [2.24, 2.45) is 0 Å². The van der Waals surface area contributed by atoms with Gasteiger partial charge in [0.15, 0.2) is 0 Å². The number of nitrogens with zero attached hydrogens (tertiary/aromatic N) is 4. The number of aromatic nitrogens is 3. The molecule has 1 aromatic carbocycles. The standard InChI is InChI=1S/C18H22N4OS/c1-2-8-22-15-6-4-3-5-14(15)20-17(22)13-21-9-10-23-16(12-21)18-19-7-11-24-18/h3-7,11,16H,2,8-10,12-13H2,1H3/t16-/m1/s1. The van der Waals surface area contributed by atoms with Crippen LogP contribution >= 0.6 is 11.3 Å². The van der Waals surface area contributed by atoms with Gasteiger partial charge in [-0.15, -0.1) is 11.3 Å². The number of aryl methyl sites for hydroxylation is 1. The minimum atomic E-state index is 0.0859. The summed E-state index contributed by atoms with van der Waals surface area (Å²) in [6.07, 6.45) is 3.05. The Bertz CT molecular complexity index is 799. The Kier molecular flexibility index (Phi) is 4.60. The maximum atomic E-state index is 5.91. The van der Waals surface area contributed by atoms with Crippen molar-refractivity contribution in [3.05, 3.63) is 46.7 Å². The van der Waals surface area contributed by atoms with Crippen molar-refractivity contribution < 1.29 is 4.74 Å². The van der Waals surface area contributed by atoms with Crippen LogP contribution in [0.5, 0.6) is 0 Å². The van der Waals surface area contributed by atoms with Crippen LogP contribution in [0, 0.1) is 0 Å². The van der Waals surface area contributed by atoms with Gasteiger partial charge in [-0.3, -0.25) is 4.90 Å². The third kappa shape index (κ3) is 3.09. The van der Waals surface area contributed by atoms with E-state index in [1.54, 1.807) is 11.3 Å². The van der Waals surface area contributed by atoms with Crippen molar-refractivity contribution in [3.8, 4) is 0 Å². The molecule has 1 aliphatic heterocycles. The topological polar surface area (TPSA) is 43.2 Å². The quantitative estimate of drug-likeness (QED) is 0.712. The van der Waals surface area contributed by atoms with Gasteiger partial charge in [-0.05, 0) is 18.6 Å². The molecule has 0 aliphatic carbocycles. The Morgan fingerprint density at radius 2 is 2.25 bits per heavy atom. The highest BCUT2D eigenvalue weighted by Gasteiger charge is 2.25. The molecule has 1 aliphatic rings. The summed E-state index contributed by atoms with van der Waals surface area (Å²) in [4.78, 5) is 11.7. The molecule has 4 rings (SSSR count). The molecule has 0 bridgehead atoms. The fraction of sp³-hybridized carbons (Fsp3) is 0.444. The fourth-order valence-electron chi connectivity index (χ4n) is 3.31. The molecule has 24 heavy (non-hydrogen) atoms. The van der Waals surface area contributed by atoms with Gasteiger partial charge in [0.05, 0.1) is 24.2 Å². The number of hydrogen-bond donors (Lipinski definition) is 0. The van der Waals surface area contributed by atoms with Crippen molar-refractivity contribution in [2.75, 3.05) is 19.7 Å². The number of para-hydroxylation sites is 2. The molecule has 1 atom stereocenters. The summed E-state index contributed by atoms with van der Waals surface area (Å²) < 4.78 is 8.27. The summed E-state index contributed by atoms with van der Waals surface area (Å²) >= 11 is 1.67. The molecule has 5 nitrogen and oxygen atoms in total. The zero-order valence-electron chi connectivity index (χ0n) is 13.9. The lowest BCUT2D eigenvalue weighted by Gasteiger charge is -2.31. The maximum absolute atomic E-state index is 5.91. The number of rotatable bonds is 5. The summed E-state index contributed by atoms with van der Waals surface area (Å²) in [7, 11) is 0. The van der Waals surface area contributed by atoms with Crippen LogP contribution in [0.25, 0.3) is 11.0 Å². The van der Waals surface area contributed by atoms with E-state index in [4.69, 9.17) is 9.72 Å². The first-order valence-corrected chi connectivity index (χ1v) is 9.40. The lowest BCUT2D eigenvalue weighted by atomic mass is 10.2. The Labute approximate surface area is 145 Å². The lowest BCUT2D eigenvalue weighted by Crippen LogP contribution is -2.38. The number of ether oxygens (including phenoxy) is 1. The second-order valence-electron chi connectivity index (χ2n) is 6.13. The molecule has 2 aromatic heterocycles. The second kappa shape index (κ2) is 7.01. The van der Waals surface area contributed by atoms with Crippen LogP contribution in [0.2, 0.25) is 0 Å². The Balaban J connectivity index is 1.56. The first-order valence-electron chi connectivity index (χ1n) is 8.52. The Morgan fingerprint density at radius 3 is 3.08 bits per heavy atom. The lowest BCUT2D eigenvalue weighted by molar-refractivity contribution is -0.0339. The molecule has 0 unspecified atom stereocenters. The number of imidazole rings is 1. The molecule has 6 heteroatoms. The summed E-state index contributed by atoms with van der Waals surface area (Å²) in [6, 6.07) is 8.41. The van der Waals surface area contributed by atoms with Crippen LogP contribution in [0.15, 0.2) is 35.8 Å². The molecule has 126 valence electrons. The van der Waals surface area contributed by atoms with Crippen molar-refractivity contribution >= 4 is 22.4 Å². The highest BCUT2D eigenvalue weighted by molar-refractivity contribution is 7.09. The van der Waals surface area contributed by atoms with Crippen LogP contribution in [0.3, 0.4) is 0 Å². The van der Waals surface area contributed by atoms with E-state index in [1.807, 2.05) is 11.6 Å². The minimum absolute atomic E-state index is 0.0859. The summed E-state index contributed by atoms with van der Waals surface area (Å²) in [6.45, 7) is 6.65. The van der Waals surface area contributed by atoms with Gasteiger partial charge < -0.3 is 9.30 Å². The molecule has 0 radical (unpaired) electrons. The first kappa shape index (κ1) is 15.7. The summed E-state index contributed by atoms with van der Waals surface area (Å²) in [5, 5.41) is 3.08. The zero-order valence-corrected chi connectivity index (χ0v) is 14.7. The average Bonchev–Trinajstić information content (AvgIpc) is 3.25. The van der Waals surface area contributed by atoms with E-state index in [-0.39, 0.29) is 6.10 Å². The number of benzene rings is 1. The molecular formula is C18H22N4OS. The van der Waals surface area contributed by atoms with Crippen LogP contribution in [-0.2, 0) is 17.8 Å². The van der Waals surface area contributed by atoms with Gasteiger partial charge >= 0.3 is 0 Å². The largest absolute Gasteiger partial charge is 0.368 e. The normalized spacial score (nSPS) is 19.1. The van der Waals surface area contributed by atoms with E-state index < -0.39 is 0 Å². The van der Waals surface area contributed by atoms with Gasteiger partial charge in [-0.25, -0.2) is 9.97 Å². The highest BCUT2D eigenvalue weighted by atomic mass is 32.1. The molecule has 0 saturated carbocycles. The molecular weight excluding hydrogens is 320 g/mol. The fourth-order valence-corrected chi connectivity index (χ4v) is 3.99. The average molecular weight is 342 g/mol. The SMILES string of the molecule is CCCn1c(CN2CCO[C@@H](c3nccs3)C2)nc2ccccc21. The smallest absolute Gasteiger partial charge is 0.124 e. The predicted molar refractivity (Wildman–Crippen MR) is 96.1 cm³/mol. The van der Waals surface area contributed by atoms with E-state index in [1.165, 1.54) is 5.52 Å². The Hall–Kier alpha value is -1.76. The number of hydrogen-bond acceptors (Lipinski definition) is 5. The van der Waals surface area contributed by atoms with Crippen molar-refractivity contribution in [2.45, 2.75) is 32.5 Å². The minimum Gasteiger partial charge on any atom is -0.368 e. The number of thiazole rings is 1. The summed E-state index contributed by atoms with van der Waals surface area (Å²) in [5.41, 5.74) is 2.32. The van der Waals surface area contributed by atoms with Gasteiger partial charge in [-0.1, -0.05) is 19.1 Å². The van der Waals surface area contributed by atoms with Crippen molar-refractivity contribution in [3.63, 3.8) is 0 Å². The highest BCUT2D eigenvalue weighted by Crippen LogP contribution is 2.25.